The first-order chi connectivity index (χ1) is 46.1. The summed E-state index contributed by atoms with van der Waals surface area (Å²) in [5.74, 6) is 0.908. The Morgan fingerprint density at radius 1 is 0.292 bits per heavy atom. The molecule has 96 heavy (non-hydrogen) atoms. The highest BCUT2D eigenvalue weighted by Gasteiger charge is 2.30. The first kappa shape index (κ1) is 94.1. The van der Waals surface area contributed by atoms with Gasteiger partial charge in [-0.05, 0) is 49.4 Å². The molecule has 0 radical (unpaired) electrons. The fourth-order valence-corrected chi connectivity index (χ4v) is 13.3. The Morgan fingerprint density at radius 3 is 0.740 bits per heavy atom. The Morgan fingerprint density at radius 2 is 0.500 bits per heavy atom. The third-order valence-corrected chi connectivity index (χ3v) is 20.1. The van der Waals surface area contributed by atoms with Crippen LogP contribution in [0, 0.1) is 23.7 Å². The Kier molecular flexibility index (Phi) is 65.0. The lowest BCUT2D eigenvalue weighted by Gasteiger charge is -2.21. The second-order valence-electron chi connectivity index (χ2n) is 29.4. The van der Waals surface area contributed by atoms with Crippen LogP contribution in [-0.4, -0.2) is 96.7 Å². The Bertz CT molecular complexity index is 1890. The Labute approximate surface area is 588 Å². The Hall–Kier alpha value is -1.94. The minimum Gasteiger partial charge on any atom is -0.462 e. The summed E-state index contributed by atoms with van der Waals surface area (Å²) in [7, 11) is -9.91. The fourth-order valence-electron chi connectivity index (χ4n) is 11.7. The zero-order chi connectivity index (χ0) is 71.0. The molecule has 0 bridgehead atoms. The largest absolute Gasteiger partial charge is 0.472 e. The molecule has 3 N–H and O–H groups in total. The van der Waals surface area contributed by atoms with E-state index in [1.165, 1.54) is 180 Å². The third-order valence-electron chi connectivity index (χ3n) is 18.2. The molecule has 17 nitrogen and oxygen atoms in total. The monoisotopic (exact) mass is 1410 g/mol. The molecule has 0 amide bonds. The van der Waals surface area contributed by atoms with Gasteiger partial charge in [-0.2, -0.15) is 0 Å². The smallest absolute Gasteiger partial charge is 0.462 e. The molecular weight excluding hydrogens is 1260 g/mol. The van der Waals surface area contributed by atoms with Gasteiger partial charge in [0.15, 0.2) is 12.2 Å². The van der Waals surface area contributed by atoms with E-state index in [4.69, 9.17) is 37.0 Å². The average Bonchev–Trinajstić information content (AvgIpc) is 1.64. The zero-order valence-electron chi connectivity index (χ0n) is 63.0. The second kappa shape index (κ2) is 66.3. The molecule has 0 aromatic carbocycles. The minimum atomic E-state index is -4.96. The van der Waals surface area contributed by atoms with Gasteiger partial charge in [-0.3, -0.25) is 37.3 Å². The van der Waals surface area contributed by atoms with Crippen molar-refractivity contribution in [1.29, 1.82) is 0 Å². The van der Waals surface area contributed by atoms with E-state index in [1.807, 2.05) is 0 Å². The second-order valence-corrected chi connectivity index (χ2v) is 32.3. The standard InChI is InChI=1S/C77H150O17P2/c1-9-70(8)56-48-40-31-25-21-16-14-12-10-11-13-15-17-22-26-32-43-51-59-76(81)93-72(63-87-74(79)57-49-41-34-28-30-38-46-54-68(4)5)65-91-95(83,84)89-61-71(78)62-90-96(85,86)92-66-73(64-88-75(80)58-50-42-36-35-39-47-55-69(6)7)94-77(82)60-52-44-33-27-23-19-18-20-24-29-37-45-53-67(2)3/h67-73,78H,9-66H2,1-8H3,(H,83,84)(H,85,86)/t70?,71-,72-,73-/m1/s1. The van der Waals surface area contributed by atoms with E-state index in [0.717, 1.165) is 115 Å². The molecule has 3 unspecified atom stereocenters. The number of carbonyl (C=O) groups excluding carboxylic acids is 4. The van der Waals surface area contributed by atoms with Crippen molar-refractivity contribution in [2.75, 3.05) is 39.6 Å². The SMILES string of the molecule is CCC(C)CCCCCCCCCCCCCCCCCCCCC(=O)O[C@H](COC(=O)CCCCCCCCCC(C)C)COP(=O)(O)OC[C@@H](O)COP(=O)(O)OC[C@@H](COC(=O)CCCCCCCCC(C)C)OC(=O)CCCCCCCCCCCCCCC(C)C. The van der Waals surface area contributed by atoms with E-state index < -0.39 is 97.5 Å². The lowest BCUT2D eigenvalue weighted by molar-refractivity contribution is -0.161. The number of hydrogen-bond acceptors (Lipinski definition) is 15. The maximum atomic E-state index is 13.1. The summed E-state index contributed by atoms with van der Waals surface area (Å²) in [5.41, 5.74) is 0. The number of phosphoric ester groups is 2. The molecular formula is C77H150O17P2. The summed E-state index contributed by atoms with van der Waals surface area (Å²) in [6.45, 7) is 14.1. The van der Waals surface area contributed by atoms with Crippen LogP contribution in [0.4, 0.5) is 0 Å². The molecule has 0 aliphatic carbocycles. The maximum absolute atomic E-state index is 13.1. The van der Waals surface area contributed by atoms with Crippen LogP contribution in [-0.2, 0) is 65.4 Å². The molecule has 0 fully saturated rings. The molecule has 0 saturated carbocycles. The van der Waals surface area contributed by atoms with Gasteiger partial charge in [-0.15, -0.1) is 0 Å². The topological polar surface area (TPSA) is 237 Å². The van der Waals surface area contributed by atoms with Crippen molar-refractivity contribution in [3.05, 3.63) is 0 Å². The van der Waals surface area contributed by atoms with Crippen molar-refractivity contribution in [2.24, 2.45) is 23.7 Å². The first-order valence-electron chi connectivity index (χ1n) is 39.7. The van der Waals surface area contributed by atoms with Crippen molar-refractivity contribution in [1.82, 2.24) is 0 Å². The summed E-state index contributed by atoms with van der Waals surface area (Å²) in [6, 6.07) is 0. The van der Waals surface area contributed by atoms with Gasteiger partial charge in [-0.25, -0.2) is 9.13 Å². The summed E-state index contributed by atoms with van der Waals surface area (Å²) >= 11 is 0. The molecule has 0 aromatic rings. The van der Waals surface area contributed by atoms with Gasteiger partial charge in [0.1, 0.15) is 19.3 Å². The van der Waals surface area contributed by atoms with Gasteiger partial charge in [0.25, 0.3) is 0 Å². The molecule has 570 valence electrons. The summed E-state index contributed by atoms with van der Waals surface area (Å²) < 4.78 is 68.5. The summed E-state index contributed by atoms with van der Waals surface area (Å²) in [6.07, 6.45) is 51.7. The van der Waals surface area contributed by atoms with Gasteiger partial charge >= 0.3 is 39.5 Å². The van der Waals surface area contributed by atoms with E-state index in [2.05, 4.69) is 55.4 Å². The molecule has 6 atom stereocenters. The number of hydrogen-bond donors (Lipinski definition) is 3. The molecule has 0 rings (SSSR count). The van der Waals surface area contributed by atoms with E-state index in [9.17, 15) is 43.2 Å². The zero-order valence-corrected chi connectivity index (χ0v) is 64.8. The number of phosphoric acid groups is 2. The van der Waals surface area contributed by atoms with Gasteiger partial charge in [-0.1, -0.05) is 338 Å². The van der Waals surface area contributed by atoms with Crippen molar-refractivity contribution >= 4 is 39.5 Å². The lowest BCUT2D eigenvalue weighted by atomic mass is 9.99. The quantitative estimate of drug-likeness (QED) is 0.0222. The number of aliphatic hydroxyl groups is 1. The van der Waals surface area contributed by atoms with E-state index in [-0.39, 0.29) is 25.7 Å². The van der Waals surface area contributed by atoms with E-state index in [1.54, 1.807) is 0 Å². The maximum Gasteiger partial charge on any atom is 0.472 e. The predicted molar refractivity (Wildman–Crippen MR) is 391 cm³/mol. The highest BCUT2D eigenvalue weighted by molar-refractivity contribution is 7.47. The van der Waals surface area contributed by atoms with Crippen LogP contribution in [0.2, 0.25) is 0 Å². The number of carbonyl (C=O) groups is 4. The molecule has 19 heteroatoms. The van der Waals surface area contributed by atoms with Crippen LogP contribution in [0.5, 0.6) is 0 Å². The third kappa shape index (κ3) is 69.2. The van der Waals surface area contributed by atoms with E-state index in [0.29, 0.717) is 37.5 Å². The molecule has 0 aliphatic heterocycles. The van der Waals surface area contributed by atoms with Crippen LogP contribution in [0.3, 0.4) is 0 Å². The number of aliphatic hydroxyl groups excluding tert-OH is 1. The van der Waals surface area contributed by atoms with Crippen LogP contribution in [0.15, 0.2) is 0 Å². The summed E-state index contributed by atoms with van der Waals surface area (Å²) in [4.78, 5) is 72.7. The molecule has 0 aliphatic rings. The highest BCUT2D eigenvalue weighted by atomic mass is 31.2. The normalized spacial score (nSPS) is 14.4. The predicted octanol–water partition coefficient (Wildman–Crippen LogP) is 22.4. The average molecular weight is 1410 g/mol. The fraction of sp³-hybridized carbons (Fsp3) is 0.948. The first-order valence-corrected chi connectivity index (χ1v) is 42.7. The van der Waals surface area contributed by atoms with E-state index >= 15 is 0 Å². The molecule has 0 aromatic heterocycles. The number of ether oxygens (including phenoxy) is 4. The molecule has 0 heterocycles. The summed E-state index contributed by atoms with van der Waals surface area (Å²) in [5, 5.41) is 10.6. The number of unbranched alkanes of at least 4 members (excludes halogenated alkanes) is 39. The van der Waals surface area contributed by atoms with Gasteiger partial charge < -0.3 is 33.8 Å². The van der Waals surface area contributed by atoms with Crippen molar-refractivity contribution in [3.63, 3.8) is 0 Å². The van der Waals surface area contributed by atoms with Gasteiger partial charge in [0, 0.05) is 25.7 Å². The molecule has 0 spiro atoms. The number of esters is 4. The Balaban J connectivity index is 5.15. The van der Waals surface area contributed by atoms with Gasteiger partial charge in [0.2, 0.25) is 0 Å². The van der Waals surface area contributed by atoms with Gasteiger partial charge in [0.05, 0.1) is 26.4 Å². The van der Waals surface area contributed by atoms with Crippen LogP contribution < -0.4 is 0 Å². The van der Waals surface area contributed by atoms with Crippen molar-refractivity contribution in [3.8, 4) is 0 Å². The highest BCUT2D eigenvalue weighted by Crippen LogP contribution is 2.45. The minimum absolute atomic E-state index is 0.105. The van der Waals surface area contributed by atoms with Crippen LogP contribution >= 0.6 is 15.6 Å². The molecule has 0 saturated heterocycles. The number of rotatable bonds is 74. The van der Waals surface area contributed by atoms with Crippen LogP contribution in [0.25, 0.3) is 0 Å². The van der Waals surface area contributed by atoms with Crippen LogP contribution in [0.1, 0.15) is 389 Å². The van der Waals surface area contributed by atoms with Crippen molar-refractivity contribution < 1.29 is 80.2 Å². The van der Waals surface area contributed by atoms with Crippen molar-refractivity contribution in [2.45, 2.75) is 408 Å². The lowest BCUT2D eigenvalue weighted by Crippen LogP contribution is -2.30.